The molecule has 0 saturated carbocycles. The Labute approximate surface area is 147 Å². The summed E-state index contributed by atoms with van der Waals surface area (Å²) < 4.78 is 26.8. The molecular weight excluding hydrogens is 342 g/mol. The van der Waals surface area contributed by atoms with E-state index in [1.54, 1.807) is 6.92 Å². The molecule has 2 aromatic heterocycles. The molecule has 0 atom stereocenters. The van der Waals surface area contributed by atoms with Crippen molar-refractivity contribution >= 4 is 16.9 Å². The topological polar surface area (TPSA) is 98.5 Å². The molecule has 1 fully saturated rings. The van der Waals surface area contributed by atoms with Gasteiger partial charge in [0.15, 0.2) is 17.5 Å². The van der Waals surface area contributed by atoms with Gasteiger partial charge < -0.3 is 15.6 Å². The van der Waals surface area contributed by atoms with Gasteiger partial charge in [-0.3, -0.25) is 9.89 Å². The fourth-order valence-corrected chi connectivity index (χ4v) is 3.22. The summed E-state index contributed by atoms with van der Waals surface area (Å²) in [5.41, 5.74) is 1.91. The average Bonchev–Trinajstić information content (AvgIpc) is 3.19. The molecule has 4 N–H and O–H groups in total. The molecule has 0 spiro atoms. The normalized spacial score (nSPS) is 15.5. The number of carbonyl (C=O) groups is 1. The number of imidazole rings is 1. The highest BCUT2D eigenvalue weighted by Crippen LogP contribution is 2.25. The van der Waals surface area contributed by atoms with Crippen molar-refractivity contribution in [3.8, 4) is 11.5 Å². The number of benzene rings is 1. The number of rotatable bonds is 3. The quantitative estimate of drug-likeness (QED) is 0.574. The first-order valence-corrected chi connectivity index (χ1v) is 8.44. The molecule has 1 saturated heterocycles. The lowest BCUT2D eigenvalue weighted by molar-refractivity contribution is 0.0929. The molecule has 26 heavy (non-hydrogen) atoms. The third-order valence-electron chi connectivity index (χ3n) is 4.60. The highest BCUT2D eigenvalue weighted by Gasteiger charge is 2.24. The van der Waals surface area contributed by atoms with Crippen LogP contribution in [0.5, 0.6) is 0 Å². The number of halogens is 2. The molecule has 9 heteroatoms. The number of aromatic amines is 2. The maximum Gasteiger partial charge on any atom is 0.255 e. The van der Waals surface area contributed by atoms with Crippen molar-refractivity contribution < 1.29 is 13.6 Å². The SMILES string of the molecule is Cc1[nH]nc(-c2nc3cc(F)c(F)cc3[nH]2)c1C(=O)NC1CCNCC1. The Morgan fingerprint density at radius 2 is 1.96 bits per heavy atom. The van der Waals surface area contributed by atoms with E-state index in [9.17, 15) is 13.6 Å². The largest absolute Gasteiger partial charge is 0.349 e. The minimum absolute atomic E-state index is 0.102. The maximum atomic E-state index is 13.4. The molecule has 0 aliphatic carbocycles. The first-order valence-electron chi connectivity index (χ1n) is 8.44. The van der Waals surface area contributed by atoms with Crippen LogP contribution in [0, 0.1) is 18.6 Å². The van der Waals surface area contributed by atoms with E-state index in [1.165, 1.54) is 0 Å². The minimum atomic E-state index is -0.974. The number of amides is 1. The van der Waals surface area contributed by atoms with Crippen LogP contribution in [0.15, 0.2) is 12.1 Å². The van der Waals surface area contributed by atoms with Gasteiger partial charge in [0.2, 0.25) is 0 Å². The van der Waals surface area contributed by atoms with E-state index in [0.717, 1.165) is 38.1 Å². The molecular formula is C17H18F2N6O. The van der Waals surface area contributed by atoms with Crippen molar-refractivity contribution in [1.82, 2.24) is 30.8 Å². The van der Waals surface area contributed by atoms with Gasteiger partial charge in [-0.1, -0.05) is 0 Å². The predicted octanol–water partition coefficient (Wildman–Crippen LogP) is 2.02. The number of nitrogens with zero attached hydrogens (tertiary/aromatic N) is 2. The number of aryl methyl sites for hydroxylation is 1. The van der Waals surface area contributed by atoms with Crippen LogP contribution in [0.1, 0.15) is 28.9 Å². The van der Waals surface area contributed by atoms with Crippen LogP contribution < -0.4 is 10.6 Å². The summed E-state index contributed by atoms with van der Waals surface area (Å²) in [5, 5.41) is 13.2. The van der Waals surface area contributed by atoms with Gasteiger partial charge >= 0.3 is 0 Å². The van der Waals surface area contributed by atoms with Gasteiger partial charge in [-0.2, -0.15) is 5.10 Å². The zero-order valence-electron chi connectivity index (χ0n) is 14.1. The standard InChI is InChI=1S/C17H18F2N6O/c1-8-14(17(26)21-9-2-4-20-5-3-9)15(25-24-8)16-22-12-6-10(18)11(19)7-13(12)23-16/h6-7,9,20H,2-5H2,1H3,(H,21,26)(H,22,23)(H,24,25). The summed E-state index contributed by atoms with van der Waals surface area (Å²) in [5.74, 6) is -1.90. The zero-order chi connectivity index (χ0) is 18.3. The predicted molar refractivity (Wildman–Crippen MR) is 91.7 cm³/mol. The van der Waals surface area contributed by atoms with E-state index in [-0.39, 0.29) is 23.3 Å². The summed E-state index contributed by atoms with van der Waals surface area (Å²) in [6.45, 7) is 3.47. The van der Waals surface area contributed by atoms with Crippen LogP contribution in [0.3, 0.4) is 0 Å². The summed E-state index contributed by atoms with van der Waals surface area (Å²) in [6, 6.07) is 2.15. The van der Waals surface area contributed by atoms with Crippen LogP contribution in [0.2, 0.25) is 0 Å². The number of carbonyl (C=O) groups excluding carboxylic acids is 1. The molecule has 7 nitrogen and oxygen atoms in total. The summed E-state index contributed by atoms with van der Waals surface area (Å²) in [7, 11) is 0. The Morgan fingerprint density at radius 3 is 2.73 bits per heavy atom. The number of nitrogens with one attached hydrogen (secondary N) is 4. The molecule has 0 bridgehead atoms. The lowest BCUT2D eigenvalue weighted by Gasteiger charge is -2.23. The Hall–Kier alpha value is -2.81. The lowest BCUT2D eigenvalue weighted by Crippen LogP contribution is -2.42. The lowest BCUT2D eigenvalue weighted by atomic mass is 10.1. The van der Waals surface area contributed by atoms with E-state index in [1.807, 2.05) is 0 Å². The minimum Gasteiger partial charge on any atom is -0.349 e. The van der Waals surface area contributed by atoms with E-state index in [4.69, 9.17) is 0 Å². The molecule has 4 rings (SSSR count). The molecule has 1 aromatic carbocycles. The highest BCUT2D eigenvalue weighted by atomic mass is 19.2. The average molecular weight is 360 g/mol. The molecule has 1 amide bonds. The van der Waals surface area contributed by atoms with Crippen molar-refractivity contribution in [2.24, 2.45) is 0 Å². The first kappa shape index (κ1) is 16.6. The van der Waals surface area contributed by atoms with Gasteiger partial charge in [0.05, 0.1) is 16.6 Å². The van der Waals surface area contributed by atoms with Gasteiger partial charge in [0.25, 0.3) is 5.91 Å². The Balaban J connectivity index is 1.68. The van der Waals surface area contributed by atoms with Crippen molar-refractivity contribution in [3.63, 3.8) is 0 Å². The second kappa shape index (κ2) is 6.49. The Kier molecular flexibility index (Phi) is 4.15. The van der Waals surface area contributed by atoms with Crippen molar-refractivity contribution in [1.29, 1.82) is 0 Å². The number of aromatic nitrogens is 4. The highest BCUT2D eigenvalue weighted by molar-refractivity contribution is 6.01. The van der Waals surface area contributed by atoms with E-state index in [0.29, 0.717) is 22.5 Å². The summed E-state index contributed by atoms with van der Waals surface area (Å²) in [4.78, 5) is 19.9. The maximum absolute atomic E-state index is 13.4. The molecule has 3 heterocycles. The second-order valence-electron chi connectivity index (χ2n) is 6.44. The van der Waals surface area contributed by atoms with Crippen LogP contribution >= 0.6 is 0 Å². The van der Waals surface area contributed by atoms with Crippen LogP contribution in [0.4, 0.5) is 8.78 Å². The summed E-state index contributed by atoms with van der Waals surface area (Å²) >= 11 is 0. The fraction of sp³-hybridized carbons (Fsp3) is 0.353. The number of fused-ring (bicyclic) bond motifs is 1. The molecule has 3 aromatic rings. The first-order chi connectivity index (χ1) is 12.5. The third-order valence-corrected chi connectivity index (χ3v) is 4.60. The molecule has 1 aliphatic rings. The van der Waals surface area contributed by atoms with Gasteiger partial charge in [0.1, 0.15) is 5.69 Å². The molecule has 1 aliphatic heterocycles. The van der Waals surface area contributed by atoms with Crippen molar-refractivity contribution in [2.75, 3.05) is 13.1 Å². The second-order valence-corrected chi connectivity index (χ2v) is 6.44. The van der Waals surface area contributed by atoms with Gasteiger partial charge in [-0.15, -0.1) is 0 Å². The monoisotopic (exact) mass is 360 g/mol. The number of hydrogen-bond acceptors (Lipinski definition) is 4. The van der Waals surface area contributed by atoms with E-state index in [2.05, 4.69) is 30.8 Å². The Morgan fingerprint density at radius 1 is 1.23 bits per heavy atom. The molecule has 0 unspecified atom stereocenters. The number of H-pyrrole nitrogens is 2. The third kappa shape index (κ3) is 2.94. The molecule has 136 valence electrons. The fourth-order valence-electron chi connectivity index (χ4n) is 3.22. The smallest absolute Gasteiger partial charge is 0.255 e. The molecule has 0 radical (unpaired) electrons. The van der Waals surface area contributed by atoms with Gasteiger partial charge in [-0.25, -0.2) is 13.8 Å². The van der Waals surface area contributed by atoms with Crippen LogP contribution in [0.25, 0.3) is 22.6 Å². The number of hydrogen-bond donors (Lipinski definition) is 4. The van der Waals surface area contributed by atoms with E-state index < -0.39 is 11.6 Å². The van der Waals surface area contributed by atoms with Crippen molar-refractivity contribution in [2.45, 2.75) is 25.8 Å². The zero-order valence-corrected chi connectivity index (χ0v) is 14.1. The van der Waals surface area contributed by atoms with Crippen molar-refractivity contribution in [3.05, 3.63) is 35.0 Å². The van der Waals surface area contributed by atoms with Crippen LogP contribution in [-0.2, 0) is 0 Å². The van der Waals surface area contributed by atoms with Crippen LogP contribution in [-0.4, -0.2) is 45.2 Å². The van der Waals surface area contributed by atoms with E-state index >= 15 is 0 Å². The Bertz CT molecular complexity index is 934. The van der Waals surface area contributed by atoms with Gasteiger partial charge in [-0.05, 0) is 32.9 Å². The van der Waals surface area contributed by atoms with Gasteiger partial charge in [0, 0.05) is 23.9 Å². The summed E-state index contributed by atoms with van der Waals surface area (Å²) in [6.07, 6.45) is 1.72. The number of piperidine rings is 1.